The summed E-state index contributed by atoms with van der Waals surface area (Å²) in [6.45, 7) is 1.38. The molecule has 0 fully saturated rings. The number of imide groups is 1. The van der Waals surface area contributed by atoms with Gasteiger partial charge in [0, 0.05) is 49.8 Å². The minimum Gasteiger partial charge on any atom is -0.379 e. The van der Waals surface area contributed by atoms with Gasteiger partial charge in [-0.2, -0.15) is 0 Å². The monoisotopic (exact) mass is 326 g/mol. The van der Waals surface area contributed by atoms with Gasteiger partial charge in [0.25, 0.3) is 11.8 Å². The first-order valence-electron chi connectivity index (χ1n) is 7.91. The lowest BCUT2D eigenvalue weighted by Crippen LogP contribution is -2.32. The van der Waals surface area contributed by atoms with Gasteiger partial charge in [-0.3, -0.25) is 14.5 Å². The van der Waals surface area contributed by atoms with Gasteiger partial charge < -0.3 is 14.8 Å². The number of carbonyl (C=O) groups excluding carboxylic acids is 2. The first-order valence-corrected chi connectivity index (χ1v) is 7.91. The van der Waals surface area contributed by atoms with Gasteiger partial charge in [0.1, 0.15) is 5.70 Å². The number of nitrogens with one attached hydrogen (secondary N) is 1. The fourth-order valence-corrected chi connectivity index (χ4v) is 3.00. The summed E-state index contributed by atoms with van der Waals surface area (Å²) in [5, 5.41) is 4.13. The van der Waals surface area contributed by atoms with Gasteiger partial charge >= 0.3 is 0 Å². The maximum atomic E-state index is 12.7. The molecule has 1 N–H and O–H groups in total. The van der Waals surface area contributed by atoms with E-state index in [1.807, 2.05) is 61.1 Å². The van der Waals surface area contributed by atoms with Crippen molar-refractivity contribution in [2.45, 2.75) is 0 Å². The molecule has 0 spiro atoms. The van der Waals surface area contributed by atoms with E-state index in [2.05, 4.69) is 5.32 Å². The van der Waals surface area contributed by atoms with E-state index < -0.39 is 0 Å². The van der Waals surface area contributed by atoms with Crippen molar-refractivity contribution in [1.29, 1.82) is 0 Å². The number of rotatable bonds is 5. The van der Waals surface area contributed by atoms with E-state index in [0.29, 0.717) is 17.8 Å². The summed E-state index contributed by atoms with van der Waals surface area (Å²) in [5.74, 6) is -0.537. The molecule has 3 rings (SSSR count). The van der Waals surface area contributed by atoms with Crippen molar-refractivity contribution >= 4 is 28.3 Å². The molecule has 1 aromatic carbocycles. The fourth-order valence-electron chi connectivity index (χ4n) is 3.00. The molecule has 126 valence electrons. The van der Waals surface area contributed by atoms with Gasteiger partial charge in [0.15, 0.2) is 0 Å². The number of nitrogens with zero attached hydrogens (tertiary/aromatic N) is 3. The minimum atomic E-state index is -0.276. The first-order chi connectivity index (χ1) is 11.4. The van der Waals surface area contributed by atoms with Crippen LogP contribution in [0.4, 0.5) is 0 Å². The second-order valence-corrected chi connectivity index (χ2v) is 6.32. The minimum absolute atomic E-state index is 0.260. The second kappa shape index (κ2) is 6.13. The van der Waals surface area contributed by atoms with Crippen LogP contribution in [0.3, 0.4) is 0 Å². The van der Waals surface area contributed by atoms with Crippen molar-refractivity contribution in [3.63, 3.8) is 0 Å². The summed E-state index contributed by atoms with van der Waals surface area (Å²) in [5.41, 5.74) is 2.67. The Hall–Kier alpha value is -2.60. The highest BCUT2D eigenvalue weighted by Crippen LogP contribution is 2.33. The number of benzene rings is 1. The molecule has 1 aromatic heterocycles. The SMILES string of the molecule is CN(C)CCNC1=C(c2cn(C)c3ccccc23)C(=O)N(C)C1=O. The van der Waals surface area contributed by atoms with Crippen molar-refractivity contribution < 1.29 is 9.59 Å². The largest absolute Gasteiger partial charge is 0.379 e. The fraction of sp³-hybridized carbons (Fsp3) is 0.333. The van der Waals surface area contributed by atoms with Crippen LogP contribution in [0.1, 0.15) is 5.56 Å². The third-order valence-corrected chi connectivity index (χ3v) is 4.31. The number of amides is 2. The number of hydrogen-bond acceptors (Lipinski definition) is 4. The van der Waals surface area contributed by atoms with Gasteiger partial charge in [0.2, 0.25) is 0 Å². The molecule has 0 atom stereocenters. The predicted molar refractivity (Wildman–Crippen MR) is 94.2 cm³/mol. The Morgan fingerprint density at radius 3 is 2.50 bits per heavy atom. The highest BCUT2D eigenvalue weighted by molar-refractivity contribution is 6.36. The van der Waals surface area contributed by atoms with E-state index in [0.717, 1.165) is 23.0 Å². The van der Waals surface area contributed by atoms with E-state index in [1.165, 1.54) is 11.9 Å². The van der Waals surface area contributed by atoms with Crippen LogP contribution in [-0.4, -0.2) is 60.4 Å². The Balaban J connectivity index is 2.10. The number of para-hydroxylation sites is 1. The number of hydrogen-bond donors (Lipinski definition) is 1. The van der Waals surface area contributed by atoms with Crippen LogP contribution in [0.25, 0.3) is 16.5 Å². The summed E-state index contributed by atoms with van der Waals surface area (Å²) in [4.78, 5) is 28.3. The molecule has 24 heavy (non-hydrogen) atoms. The van der Waals surface area contributed by atoms with E-state index in [9.17, 15) is 9.59 Å². The predicted octanol–water partition coefficient (Wildman–Crippen LogP) is 1.04. The Morgan fingerprint density at radius 2 is 1.79 bits per heavy atom. The Bertz CT molecular complexity index is 848. The molecule has 1 aliphatic rings. The third kappa shape index (κ3) is 2.59. The Kier molecular flexibility index (Phi) is 4.15. The van der Waals surface area contributed by atoms with Crippen molar-refractivity contribution in [3.8, 4) is 0 Å². The molecule has 0 radical (unpaired) electrons. The van der Waals surface area contributed by atoms with Crippen LogP contribution in [0.5, 0.6) is 0 Å². The molecule has 0 unspecified atom stereocenters. The Morgan fingerprint density at radius 1 is 1.08 bits per heavy atom. The summed E-state index contributed by atoms with van der Waals surface area (Å²) in [6, 6.07) is 7.88. The van der Waals surface area contributed by atoms with Gasteiger partial charge in [0.05, 0.1) is 5.57 Å². The molecule has 0 saturated heterocycles. The molecular weight excluding hydrogens is 304 g/mol. The summed E-state index contributed by atoms with van der Waals surface area (Å²) in [6.07, 6.45) is 1.91. The van der Waals surface area contributed by atoms with Crippen molar-refractivity contribution in [3.05, 3.63) is 41.7 Å². The molecule has 0 aliphatic carbocycles. The molecular formula is C18H22N4O2. The number of carbonyl (C=O) groups is 2. The standard InChI is InChI=1S/C18H22N4O2/c1-20(2)10-9-19-16-15(17(23)22(4)18(16)24)13-11-21(3)14-8-6-5-7-12(13)14/h5-8,11,19H,9-10H2,1-4H3. The zero-order valence-electron chi connectivity index (χ0n) is 14.5. The number of fused-ring (bicyclic) bond motifs is 1. The third-order valence-electron chi connectivity index (χ3n) is 4.31. The molecule has 0 saturated carbocycles. The zero-order chi connectivity index (χ0) is 17.4. The zero-order valence-corrected chi connectivity index (χ0v) is 14.5. The normalized spacial score (nSPS) is 15.3. The summed E-state index contributed by atoms with van der Waals surface area (Å²) >= 11 is 0. The molecule has 2 aromatic rings. The maximum Gasteiger partial charge on any atom is 0.277 e. The molecule has 0 bridgehead atoms. The van der Waals surface area contributed by atoms with Gasteiger partial charge in [-0.15, -0.1) is 0 Å². The summed E-state index contributed by atoms with van der Waals surface area (Å²) < 4.78 is 1.98. The topological polar surface area (TPSA) is 57.6 Å². The van der Waals surface area contributed by atoms with Crippen LogP contribution in [0.15, 0.2) is 36.2 Å². The molecule has 2 heterocycles. The second-order valence-electron chi connectivity index (χ2n) is 6.32. The highest BCUT2D eigenvalue weighted by atomic mass is 16.2. The highest BCUT2D eigenvalue weighted by Gasteiger charge is 2.37. The molecule has 6 nitrogen and oxygen atoms in total. The molecule has 2 amide bonds. The lowest BCUT2D eigenvalue weighted by molar-refractivity contribution is -0.135. The van der Waals surface area contributed by atoms with Crippen molar-refractivity contribution in [2.75, 3.05) is 34.2 Å². The van der Waals surface area contributed by atoms with Crippen LogP contribution >= 0.6 is 0 Å². The van der Waals surface area contributed by atoms with Gasteiger partial charge in [-0.05, 0) is 20.2 Å². The van der Waals surface area contributed by atoms with Gasteiger partial charge in [-0.25, -0.2) is 0 Å². The van der Waals surface area contributed by atoms with E-state index >= 15 is 0 Å². The quantitative estimate of drug-likeness (QED) is 0.834. The molecule has 1 aliphatic heterocycles. The van der Waals surface area contributed by atoms with E-state index in [-0.39, 0.29) is 11.8 Å². The first kappa shape index (κ1) is 16.3. The van der Waals surface area contributed by atoms with E-state index in [4.69, 9.17) is 0 Å². The smallest absolute Gasteiger partial charge is 0.277 e. The van der Waals surface area contributed by atoms with Crippen LogP contribution in [0, 0.1) is 0 Å². The number of aromatic nitrogens is 1. The average molecular weight is 326 g/mol. The number of aryl methyl sites for hydroxylation is 1. The summed E-state index contributed by atoms with van der Waals surface area (Å²) in [7, 11) is 7.40. The Labute approximate surface area is 141 Å². The van der Waals surface area contributed by atoms with Crippen LogP contribution in [-0.2, 0) is 16.6 Å². The lowest BCUT2D eigenvalue weighted by atomic mass is 10.0. The number of likely N-dealkylation sites (N-methyl/N-ethyl adjacent to an activating group) is 2. The molecule has 6 heteroatoms. The van der Waals surface area contributed by atoms with E-state index in [1.54, 1.807) is 0 Å². The van der Waals surface area contributed by atoms with Gasteiger partial charge in [-0.1, -0.05) is 18.2 Å². The lowest BCUT2D eigenvalue weighted by Gasteiger charge is -2.12. The van der Waals surface area contributed by atoms with Crippen molar-refractivity contribution in [1.82, 2.24) is 19.7 Å². The average Bonchev–Trinajstić information content (AvgIpc) is 2.98. The van der Waals surface area contributed by atoms with Crippen LogP contribution < -0.4 is 5.32 Å². The van der Waals surface area contributed by atoms with Crippen LogP contribution in [0.2, 0.25) is 0 Å². The maximum absolute atomic E-state index is 12.7. The van der Waals surface area contributed by atoms with Crippen molar-refractivity contribution in [2.24, 2.45) is 7.05 Å².